The lowest BCUT2D eigenvalue weighted by atomic mass is 10.1. The molecule has 2 aromatic carbocycles. The third-order valence-corrected chi connectivity index (χ3v) is 3.76. The quantitative estimate of drug-likeness (QED) is 0.438. The van der Waals surface area contributed by atoms with E-state index >= 15 is 0 Å². The van der Waals surface area contributed by atoms with Crippen LogP contribution < -0.4 is 5.32 Å². The van der Waals surface area contributed by atoms with Crippen molar-refractivity contribution in [2.75, 3.05) is 5.32 Å². The minimum Gasteiger partial charge on any atom is -0.411 e. The lowest BCUT2D eigenvalue weighted by Crippen LogP contribution is -2.14. The van der Waals surface area contributed by atoms with E-state index in [9.17, 15) is 4.79 Å². The van der Waals surface area contributed by atoms with Gasteiger partial charge in [-0.25, -0.2) is 0 Å². The Balaban J connectivity index is 2.32. The number of hydrogen-bond donors (Lipinski definition) is 2. The molecule has 21 heavy (non-hydrogen) atoms. The Kier molecular flexibility index (Phi) is 5.14. The topological polar surface area (TPSA) is 61.7 Å². The fraction of sp³-hybridized carbons (Fsp3) is 0.0667. The van der Waals surface area contributed by atoms with E-state index in [1.807, 2.05) is 12.1 Å². The molecule has 0 aromatic heterocycles. The molecule has 0 unspecified atom stereocenters. The number of hydrogen-bond acceptors (Lipinski definition) is 3. The van der Waals surface area contributed by atoms with Gasteiger partial charge in [0.15, 0.2) is 0 Å². The predicted molar refractivity (Wildman–Crippen MR) is 90.2 cm³/mol. The maximum absolute atomic E-state index is 12.3. The molecule has 0 aliphatic carbocycles. The average molecular weight is 412 g/mol. The van der Waals surface area contributed by atoms with Gasteiger partial charge in [-0.15, -0.1) is 0 Å². The minimum absolute atomic E-state index is 0.241. The normalized spacial score (nSPS) is 11.3. The first-order chi connectivity index (χ1) is 10.0. The molecule has 0 fully saturated rings. The molecule has 0 atom stereocenters. The highest BCUT2D eigenvalue weighted by molar-refractivity contribution is 9.11. The molecule has 4 nitrogen and oxygen atoms in total. The fourth-order valence-electron chi connectivity index (χ4n) is 1.84. The molecule has 0 spiro atoms. The van der Waals surface area contributed by atoms with E-state index in [0.717, 1.165) is 8.95 Å². The van der Waals surface area contributed by atoms with Crippen LogP contribution in [0.3, 0.4) is 0 Å². The highest BCUT2D eigenvalue weighted by atomic mass is 79.9. The first-order valence-electron chi connectivity index (χ1n) is 6.07. The number of nitrogens with zero attached hydrogens (tertiary/aromatic N) is 1. The van der Waals surface area contributed by atoms with Gasteiger partial charge in [0.2, 0.25) is 0 Å². The van der Waals surface area contributed by atoms with E-state index in [0.29, 0.717) is 22.5 Å². The standard InChI is InChI=1S/C15H12Br2N2O2/c1-9(19-21)13-4-2-3-5-14(13)18-15(20)10-6-11(16)8-12(17)7-10/h2-8,21H,1H3,(H,18,20)/b19-9-. The van der Waals surface area contributed by atoms with Crippen molar-refractivity contribution >= 4 is 49.2 Å². The number of benzene rings is 2. The molecular weight excluding hydrogens is 400 g/mol. The molecule has 0 radical (unpaired) electrons. The third-order valence-electron chi connectivity index (χ3n) is 2.84. The van der Waals surface area contributed by atoms with Crippen LogP contribution in [0.2, 0.25) is 0 Å². The molecule has 2 aromatic rings. The largest absolute Gasteiger partial charge is 0.411 e. The van der Waals surface area contributed by atoms with Gasteiger partial charge < -0.3 is 10.5 Å². The molecule has 0 heterocycles. The van der Waals surface area contributed by atoms with Crippen molar-refractivity contribution in [2.24, 2.45) is 5.16 Å². The van der Waals surface area contributed by atoms with E-state index in [4.69, 9.17) is 5.21 Å². The van der Waals surface area contributed by atoms with Gasteiger partial charge in [-0.3, -0.25) is 4.79 Å². The molecule has 2 N–H and O–H groups in total. The van der Waals surface area contributed by atoms with Crippen LogP contribution in [0.15, 0.2) is 56.6 Å². The van der Waals surface area contributed by atoms with E-state index in [1.54, 1.807) is 37.3 Å². The monoisotopic (exact) mass is 410 g/mol. The highest BCUT2D eigenvalue weighted by Crippen LogP contribution is 2.22. The van der Waals surface area contributed by atoms with Crippen LogP contribution in [-0.4, -0.2) is 16.8 Å². The van der Waals surface area contributed by atoms with Gasteiger partial charge in [0, 0.05) is 20.1 Å². The van der Waals surface area contributed by atoms with Crippen LogP contribution in [0.5, 0.6) is 0 Å². The van der Waals surface area contributed by atoms with Crippen molar-refractivity contribution in [3.05, 3.63) is 62.5 Å². The minimum atomic E-state index is -0.241. The highest BCUT2D eigenvalue weighted by Gasteiger charge is 2.11. The number of nitrogens with one attached hydrogen (secondary N) is 1. The molecule has 2 rings (SSSR count). The van der Waals surface area contributed by atoms with Gasteiger partial charge in [-0.05, 0) is 31.2 Å². The van der Waals surface area contributed by atoms with Crippen LogP contribution in [0.25, 0.3) is 0 Å². The van der Waals surface area contributed by atoms with Gasteiger partial charge >= 0.3 is 0 Å². The van der Waals surface area contributed by atoms with Gasteiger partial charge in [0.1, 0.15) is 0 Å². The first kappa shape index (κ1) is 15.7. The molecule has 0 aliphatic rings. The number of anilines is 1. The molecule has 0 bridgehead atoms. The summed E-state index contributed by atoms with van der Waals surface area (Å²) < 4.78 is 1.62. The zero-order valence-corrected chi connectivity index (χ0v) is 14.3. The maximum Gasteiger partial charge on any atom is 0.255 e. The Morgan fingerprint density at radius 3 is 2.38 bits per heavy atom. The van der Waals surface area contributed by atoms with Crippen molar-refractivity contribution in [3.63, 3.8) is 0 Å². The van der Waals surface area contributed by atoms with Crippen molar-refractivity contribution < 1.29 is 10.0 Å². The number of amides is 1. The van der Waals surface area contributed by atoms with Gasteiger partial charge in [-0.2, -0.15) is 0 Å². The Morgan fingerprint density at radius 1 is 1.14 bits per heavy atom. The van der Waals surface area contributed by atoms with Crippen molar-refractivity contribution in [1.29, 1.82) is 0 Å². The lowest BCUT2D eigenvalue weighted by molar-refractivity contribution is 0.102. The molecular formula is C15H12Br2N2O2. The molecule has 0 aliphatic heterocycles. The van der Waals surface area contributed by atoms with Gasteiger partial charge in [0.05, 0.1) is 11.4 Å². The summed E-state index contributed by atoms with van der Waals surface area (Å²) in [6.07, 6.45) is 0. The number of para-hydroxylation sites is 1. The number of halogens is 2. The van der Waals surface area contributed by atoms with Crippen LogP contribution in [0.1, 0.15) is 22.8 Å². The maximum atomic E-state index is 12.3. The predicted octanol–water partition coefficient (Wildman–Crippen LogP) is 4.66. The molecule has 6 heteroatoms. The second-order valence-corrected chi connectivity index (χ2v) is 6.17. The first-order valence-corrected chi connectivity index (χ1v) is 7.65. The van der Waals surface area contributed by atoms with Crippen molar-refractivity contribution in [1.82, 2.24) is 0 Å². The number of carbonyl (C=O) groups is 1. The third kappa shape index (κ3) is 3.92. The van der Waals surface area contributed by atoms with Crippen molar-refractivity contribution in [3.8, 4) is 0 Å². The Bertz CT molecular complexity index is 694. The molecule has 1 amide bonds. The van der Waals surface area contributed by atoms with Crippen LogP contribution in [0, 0.1) is 0 Å². The van der Waals surface area contributed by atoms with E-state index in [1.165, 1.54) is 0 Å². The van der Waals surface area contributed by atoms with E-state index in [-0.39, 0.29) is 5.91 Å². The van der Waals surface area contributed by atoms with Crippen LogP contribution >= 0.6 is 31.9 Å². The molecule has 0 saturated carbocycles. The van der Waals surface area contributed by atoms with Gasteiger partial charge in [0.25, 0.3) is 5.91 Å². The SMILES string of the molecule is C/C(=N/O)c1ccccc1NC(=O)c1cc(Br)cc(Br)c1. The Hall–Kier alpha value is -1.66. The Morgan fingerprint density at radius 2 is 1.76 bits per heavy atom. The smallest absolute Gasteiger partial charge is 0.255 e. The second-order valence-electron chi connectivity index (χ2n) is 4.34. The van der Waals surface area contributed by atoms with E-state index < -0.39 is 0 Å². The number of rotatable bonds is 3. The number of carbonyl (C=O) groups excluding carboxylic acids is 1. The number of oxime groups is 1. The average Bonchev–Trinajstić information content (AvgIpc) is 2.46. The lowest BCUT2D eigenvalue weighted by Gasteiger charge is -2.10. The summed E-state index contributed by atoms with van der Waals surface area (Å²) in [6.45, 7) is 1.67. The van der Waals surface area contributed by atoms with Crippen LogP contribution in [-0.2, 0) is 0 Å². The zero-order valence-electron chi connectivity index (χ0n) is 11.1. The molecule has 108 valence electrons. The van der Waals surface area contributed by atoms with E-state index in [2.05, 4.69) is 42.3 Å². The van der Waals surface area contributed by atoms with Crippen LogP contribution in [0.4, 0.5) is 5.69 Å². The summed E-state index contributed by atoms with van der Waals surface area (Å²) in [5, 5.41) is 14.9. The van der Waals surface area contributed by atoms with Gasteiger partial charge in [-0.1, -0.05) is 55.2 Å². The fourth-order valence-corrected chi connectivity index (χ4v) is 3.13. The Labute approximate surface area is 139 Å². The summed E-state index contributed by atoms with van der Waals surface area (Å²) in [7, 11) is 0. The summed E-state index contributed by atoms with van der Waals surface area (Å²) in [4.78, 5) is 12.3. The molecule has 0 saturated heterocycles. The summed E-state index contributed by atoms with van der Waals surface area (Å²) in [5.74, 6) is -0.241. The zero-order chi connectivity index (χ0) is 15.4. The summed E-state index contributed by atoms with van der Waals surface area (Å²) in [5.41, 5.74) is 2.21. The summed E-state index contributed by atoms with van der Waals surface area (Å²) >= 11 is 6.71. The second kappa shape index (κ2) is 6.87. The van der Waals surface area contributed by atoms with Crippen molar-refractivity contribution in [2.45, 2.75) is 6.92 Å². The summed E-state index contributed by atoms with van der Waals surface area (Å²) in [6, 6.07) is 12.5.